The van der Waals surface area contributed by atoms with Crippen LogP contribution in [0.5, 0.6) is 0 Å². The van der Waals surface area contributed by atoms with Crippen molar-refractivity contribution < 1.29 is 0 Å². The lowest BCUT2D eigenvalue weighted by molar-refractivity contribution is 0.371. The van der Waals surface area contributed by atoms with Crippen LogP contribution < -0.4 is 11.3 Å². The highest BCUT2D eigenvalue weighted by Crippen LogP contribution is 2.25. The van der Waals surface area contributed by atoms with Gasteiger partial charge in [-0.1, -0.05) is 19.3 Å². The van der Waals surface area contributed by atoms with E-state index < -0.39 is 0 Å². The second-order valence-corrected chi connectivity index (χ2v) is 6.43. The number of guanidine groups is 1. The lowest BCUT2D eigenvalue weighted by atomic mass is 9.96. The van der Waals surface area contributed by atoms with Crippen LogP contribution >= 0.6 is 11.3 Å². The molecule has 1 saturated carbocycles. The molecule has 1 aromatic rings. The Bertz CT molecular complexity index is 448. The summed E-state index contributed by atoms with van der Waals surface area (Å²) in [6.45, 7) is 1.96. The van der Waals surface area contributed by atoms with E-state index in [1.807, 2.05) is 11.3 Å². The normalized spacial score (nSPS) is 21.3. The smallest absolute Gasteiger partial charge is 0.208 e. The predicted octanol–water partition coefficient (Wildman–Crippen LogP) is 2.26. The molecule has 0 unspecified atom stereocenters. The van der Waals surface area contributed by atoms with E-state index in [0.717, 1.165) is 25.5 Å². The van der Waals surface area contributed by atoms with Gasteiger partial charge in [0.25, 0.3) is 0 Å². The standard InChI is InChI=1S/C14H22N4S/c15-17-14(16-12-4-2-1-3-5-12)18-8-6-13-11(10-18)7-9-19-13/h7,9,12H,1-6,8,10,15H2,(H,16,17). The summed E-state index contributed by atoms with van der Waals surface area (Å²) in [7, 11) is 0. The molecule has 5 heteroatoms. The van der Waals surface area contributed by atoms with Gasteiger partial charge in [0.1, 0.15) is 0 Å². The number of rotatable bonds is 1. The molecule has 3 rings (SSSR count). The van der Waals surface area contributed by atoms with E-state index in [2.05, 4.69) is 21.8 Å². The third-order valence-electron chi connectivity index (χ3n) is 4.12. The van der Waals surface area contributed by atoms with Crippen LogP contribution in [0, 0.1) is 0 Å². The van der Waals surface area contributed by atoms with Crippen LogP contribution in [0.2, 0.25) is 0 Å². The lowest BCUT2D eigenvalue weighted by Crippen LogP contribution is -2.47. The average molecular weight is 278 g/mol. The van der Waals surface area contributed by atoms with Gasteiger partial charge in [-0.25, -0.2) is 10.8 Å². The van der Waals surface area contributed by atoms with Crippen LogP contribution in [0.15, 0.2) is 16.4 Å². The fraction of sp³-hybridized carbons (Fsp3) is 0.643. The molecule has 2 aliphatic rings. The monoisotopic (exact) mass is 278 g/mol. The molecule has 1 aliphatic heterocycles. The second-order valence-electron chi connectivity index (χ2n) is 5.43. The molecule has 1 fully saturated rings. The zero-order valence-electron chi connectivity index (χ0n) is 11.3. The van der Waals surface area contributed by atoms with Gasteiger partial charge in [-0.15, -0.1) is 11.3 Å². The van der Waals surface area contributed by atoms with Gasteiger partial charge in [0, 0.05) is 18.0 Å². The third-order valence-corrected chi connectivity index (χ3v) is 5.14. The van der Waals surface area contributed by atoms with Crippen molar-refractivity contribution in [3.63, 3.8) is 0 Å². The van der Waals surface area contributed by atoms with Crippen LogP contribution in [-0.4, -0.2) is 23.4 Å². The van der Waals surface area contributed by atoms with Crippen molar-refractivity contribution in [2.75, 3.05) is 6.54 Å². The van der Waals surface area contributed by atoms with E-state index in [4.69, 9.17) is 10.8 Å². The van der Waals surface area contributed by atoms with E-state index in [-0.39, 0.29) is 0 Å². The average Bonchev–Trinajstić information content (AvgIpc) is 2.93. The zero-order chi connectivity index (χ0) is 13.1. The Morgan fingerprint density at radius 1 is 1.37 bits per heavy atom. The van der Waals surface area contributed by atoms with Crippen molar-refractivity contribution >= 4 is 17.3 Å². The van der Waals surface area contributed by atoms with E-state index in [0.29, 0.717) is 6.04 Å². The molecule has 2 heterocycles. The largest absolute Gasteiger partial charge is 0.337 e. The SMILES string of the molecule is NNC(=NC1CCCCC1)N1CCc2sccc2C1. The Labute approximate surface area is 118 Å². The first kappa shape index (κ1) is 12.9. The molecule has 0 radical (unpaired) electrons. The van der Waals surface area contributed by atoms with Gasteiger partial charge in [-0.2, -0.15) is 0 Å². The molecule has 4 nitrogen and oxygen atoms in total. The van der Waals surface area contributed by atoms with Crippen LogP contribution in [0.25, 0.3) is 0 Å². The molecule has 0 bridgehead atoms. The Balaban J connectivity index is 1.70. The molecular formula is C14H22N4S. The number of nitrogens with one attached hydrogen (secondary N) is 1. The van der Waals surface area contributed by atoms with Crippen molar-refractivity contribution in [2.45, 2.75) is 51.1 Å². The van der Waals surface area contributed by atoms with Gasteiger partial charge in [-0.3, -0.25) is 5.43 Å². The van der Waals surface area contributed by atoms with Crippen LogP contribution in [0.4, 0.5) is 0 Å². The molecule has 0 amide bonds. The summed E-state index contributed by atoms with van der Waals surface area (Å²) in [5, 5.41) is 2.18. The molecule has 0 atom stereocenters. The molecule has 19 heavy (non-hydrogen) atoms. The van der Waals surface area contributed by atoms with Gasteiger partial charge in [0.15, 0.2) is 0 Å². The summed E-state index contributed by atoms with van der Waals surface area (Å²) in [6.07, 6.45) is 7.50. The second kappa shape index (κ2) is 5.92. The molecule has 1 aromatic heterocycles. The van der Waals surface area contributed by atoms with Crippen LogP contribution in [0.1, 0.15) is 42.5 Å². The van der Waals surface area contributed by atoms with E-state index >= 15 is 0 Å². The molecule has 0 saturated heterocycles. The fourth-order valence-corrected chi connectivity index (χ4v) is 3.91. The van der Waals surface area contributed by atoms with Gasteiger partial charge in [0.05, 0.1) is 6.04 Å². The van der Waals surface area contributed by atoms with Crippen molar-refractivity contribution in [1.82, 2.24) is 10.3 Å². The summed E-state index contributed by atoms with van der Waals surface area (Å²) in [4.78, 5) is 8.65. The minimum atomic E-state index is 0.462. The summed E-state index contributed by atoms with van der Waals surface area (Å²) >= 11 is 1.86. The van der Waals surface area contributed by atoms with Crippen LogP contribution in [-0.2, 0) is 13.0 Å². The van der Waals surface area contributed by atoms with Gasteiger partial charge < -0.3 is 4.90 Å². The quantitative estimate of drug-likeness (QED) is 0.358. The predicted molar refractivity (Wildman–Crippen MR) is 80.1 cm³/mol. The van der Waals surface area contributed by atoms with Crippen molar-refractivity contribution in [2.24, 2.45) is 10.8 Å². The maximum absolute atomic E-state index is 5.70. The fourth-order valence-electron chi connectivity index (χ4n) is 3.02. The third kappa shape index (κ3) is 2.92. The lowest BCUT2D eigenvalue weighted by Gasteiger charge is -2.30. The maximum Gasteiger partial charge on any atom is 0.208 e. The van der Waals surface area contributed by atoms with E-state index in [9.17, 15) is 0 Å². The molecule has 104 valence electrons. The Morgan fingerprint density at radius 2 is 2.21 bits per heavy atom. The number of hydrogen-bond acceptors (Lipinski definition) is 3. The number of fused-ring (bicyclic) bond motifs is 1. The zero-order valence-corrected chi connectivity index (χ0v) is 12.1. The molecule has 3 N–H and O–H groups in total. The molecule has 0 spiro atoms. The van der Waals surface area contributed by atoms with Gasteiger partial charge in [-0.05, 0) is 36.3 Å². The summed E-state index contributed by atoms with van der Waals surface area (Å²) in [5.41, 5.74) is 4.25. The number of hydrogen-bond donors (Lipinski definition) is 2. The molecule has 1 aliphatic carbocycles. The first-order chi connectivity index (χ1) is 9.36. The van der Waals surface area contributed by atoms with E-state index in [1.54, 1.807) is 0 Å². The highest BCUT2D eigenvalue weighted by atomic mass is 32.1. The highest BCUT2D eigenvalue weighted by molar-refractivity contribution is 7.10. The molecular weight excluding hydrogens is 256 g/mol. The number of nitrogens with zero attached hydrogens (tertiary/aromatic N) is 2. The highest BCUT2D eigenvalue weighted by Gasteiger charge is 2.21. The Morgan fingerprint density at radius 3 is 3.00 bits per heavy atom. The number of hydrazine groups is 1. The number of thiophene rings is 1. The van der Waals surface area contributed by atoms with Gasteiger partial charge in [0.2, 0.25) is 5.96 Å². The summed E-state index contributed by atoms with van der Waals surface area (Å²) < 4.78 is 0. The number of aliphatic imine (C=N–C) groups is 1. The molecule has 0 aromatic carbocycles. The van der Waals surface area contributed by atoms with Crippen LogP contribution in [0.3, 0.4) is 0 Å². The summed E-state index contributed by atoms with van der Waals surface area (Å²) in [6, 6.07) is 2.68. The minimum Gasteiger partial charge on any atom is -0.337 e. The van der Waals surface area contributed by atoms with E-state index in [1.165, 1.54) is 42.5 Å². The summed E-state index contributed by atoms with van der Waals surface area (Å²) in [5.74, 6) is 6.57. The minimum absolute atomic E-state index is 0.462. The Kier molecular flexibility index (Phi) is 4.03. The van der Waals surface area contributed by atoms with Crippen molar-refractivity contribution in [3.8, 4) is 0 Å². The maximum atomic E-state index is 5.70. The first-order valence-corrected chi connectivity index (χ1v) is 8.09. The van der Waals surface area contributed by atoms with Crippen molar-refractivity contribution in [1.29, 1.82) is 0 Å². The van der Waals surface area contributed by atoms with Crippen molar-refractivity contribution in [3.05, 3.63) is 21.9 Å². The van der Waals surface area contributed by atoms with Gasteiger partial charge >= 0.3 is 0 Å². The Hall–Kier alpha value is -1.07. The first-order valence-electron chi connectivity index (χ1n) is 7.21. The number of nitrogens with two attached hydrogens (primary N) is 1. The topological polar surface area (TPSA) is 53.6 Å².